The van der Waals surface area contributed by atoms with Crippen molar-refractivity contribution in [3.63, 3.8) is 0 Å². The zero-order valence-electron chi connectivity index (χ0n) is 11.6. The molecule has 0 bridgehead atoms. The highest BCUT2D eigenvalue weighted by molar-refractivity contribution is 5.46. The van der Waals surface area contributed by atoms with E-state index >= 15 is 0 Å². The van der Waals surface area contributed by atoms with E-state index in [2.05, 4.69) is 20.3 Å². The summed E-state index contributed by atoms with van der Waals surface area (Å²) in [5.74, 6) is 1.52. The van der Waals surface area contributed by atoms with Crippen molar-refractivity contribution in [2.24, 2.45) is 7.05 Å². The Kier molecular flexibility index (Phi) is 3.06. The molecule has 1 fully saturated rings. The topological polar surface area (TPSA) is 55.6 Å². The molecule has 100 valence electrons. The molecular formula is C14H19N5. The largest absolute Gasteiger partial charge is 0.331 e. The van der Waals surface area contributed by atoms with Crippen LogP contribution in [0.4, 0.5) is 0 Å². The lowest BCUT2D eigenvalue weighted by Gasteiger charge is -2.11. The second-order valence-electron chi connectivity index (χ2n) is 5.21. The molecule has 0 amide bonds. The Morgan fingerprint density at radius 1 is 1.26 bits per heavy atom. The molecule has 1 aliphatic rings. The molecule has 0 atom stereocenters. The fraction of sp³-hybridized carbons (Fsp3) is 0.500. The number of hydrogen-bond acceptors (Lipinski definition) is 4. The molecule has 0 spiro atoms. The Balaban J connectivity index is 1.90. The number of hydrogen-bond donors (Lipinski definition) is 1. The highest BCUT2D eigenvalue weighted by Crippen LogP contribution is 2.21. The van der Waals surface area contributed by atoms with Crippen LogP contribution in [0, 0.1) is 13.8 Å². The predicted octanol–water partition coefficient (Wildman–Crippen LogP) is 1.75. The van der Waals surface area contributed by atoms with Gasteiger partial charge in [0.1, 0.15) is 0 Å². The number of aryl methyl sites for hydroxylation is 3. The Morgan fingerprint density at radius 3 is 2.47 bits per heavy atom. The van der Waals surface area contributed by atoms with Crippen LogP contribution in [0.1, 0.15) is 29.8 Å². The molecule has 19 heavy (non-hydrogen) atoms. The van der Waals surface area contributed by atoms with Crippen molar-refractivity contribution in [3.05, 3.63) is 29.3 Å². The van der Waals surface area contributed by atoms with Crippen LogP contribution >= 0.6 is 0 Å². The average molecular weight is 257 g/mol. The first-order chi connectivity index (χ1) is 9.15. The molecule has 5 nitrogen and oxygen atoms in total. The summed E-state index contributed by atoms with van der Waals surface area (Å²) in [6, 6.07) is 0.702. The van der Waals surface area contributed by atoms with Crippen molar-refractivity contribution in [3.8, 4) is 11.6 Å². The minimum Gasteiger partial charge on any atom is -0.331 e. The fourth-order valence-electron chi connectivity index (χ4n) is 2.21. The number of nitrogens with zero attached hydrogens (tertiary/aromatic N) is 4. The molecular weight excluding hydrogens is 238 g/mol. The SMILES string of the molecule is Cc1nc(-c2nccn2C)nc(C)c1CNC1CC1. The molecule has 0 radical (unpaired) electrons. The lowest BCUT2D eigenvalue weighted by atomic mass is 10.1. The van der Waals surface area contributed by atoms with Gasteiger partial charge in [-0.15, -0.1) is 0 Å². The second-order valence-corrected chi connectivity index (χ2v) is 5.21. The van der Waals surface area contributed by atoms with Crippen molar-refractivity contribution in [1.29, 1.82) is 0 Å². The van der Waals surface area contributed by atoms with Crippen molar-refractivity contribution in [2.45, 2.75) is 39.3 Å². The lowest BCUT2D eigenvalue weighted by molar-refractivity contribution is 0.675. The first kappa shape index (κ1) is 12.3. The van der Waals surface area contributed by atoms with Crippen LogP contribution in [0.2, 0.25) is 0 Å². The van der Waals surface area contributed by atoms with Crippen molar-refractivity contribution < 1.29 is 0 Å². The maximum Gasteiger partial charge on any atom is 0.196 e. The molecule has 0 saturated heterocycles. The quantitative estimate of drug-likeness (QED) is 0.906. The maximum atomic E-state index is 4.60. The lowest BCUT2D eigenvalue weighted by Crippen LogP contribution is -2.18. The molecule has 2 aromatic rings. The van der Waals surface area contributed by atoms with Gasteiger partial charge in [-0.05, 0) is 26.7 Å². The van der Waals surface area contributed by atoms with Crippen molar-refractivity contribution >= 4 is 0 Å². The van der Waals surface area contributed by atoms with E-state index in [9.17, 15) is 0 Å². The Morgan fingerprint density at radius 2 is 1.95 bits per heavy atom. The zero-order valence-corrected chi connectivity index (χ0v) is 11.6. The van der Waals surface area contributed by atoms with Crippen LogP contribution in [0.5, 0.6) is 0 Å². The van der Waals surface area contributed by atoms with Gasteiger partial charge in [-0.25, -0.2) is 15.0 Å². The van der Waals surface area contributed by atoms with E-state index in [0.29, 0.717) is 11.9 Å². The van der Waals surface area contributed by atoms with Gasteiger partial charge in [-0.3, -0.25) is 0 Å². The van der Waals surface area contributed by atoms with E-state index < -0.39 is 0 Å². The summed E-state index contributed by atoms with van der Waals surface area (Å²) < 4.78 is 1.94. The molecule has 0 aromatic carbocycles. The van der Waals surface area contributed by atoms with Gasteiger partial charge in [0, 0.05) is 49.0 Å². The minimum absolute atomic E-state index is 0.702. The molecule has 1 N–H and O–H groups in total. The van der Waals surface area contributed by atoms with Crippen molar-refractivity contribution in [1.82, 2.24) is 24.8 Å². The Hall–Kier alpha value is -1.75. The van der Waals surface area contributed by atoms with E-state index in [1.54, 1.807) is 6.20 Å². The summed E-state index contributed by atoms with van der Waals surface area (Å²) in [5, 5.41) is 3.52. The maximum absolute atomic E-state index is 4.60. The minimum atomic E-state index is 0.702. The average Bonchev–Trinajstić information content (AvgIpc) is 3.09. The van der Waals surface area contributed by atoms with Gasteiger partial charge < -0.3 is 9.88 Å². The van der Waals surface area contributed by atoms with Gasteiger partial charge in [0.05, 0.1) is 0 Å². The third kappa shape index (κ3) is 2.51. The monoisotopic (exact) mass is 257 g/mol. The summed E-state index contributed by atoms with van der Waals surface area (Å²) in [7, 11) is 1.96. The highest BCUT2D eigenvalue weighted by atomic mass is 15.1. The van der Waals surface area contributed by atoms with Gasteiger partial charge in [-0.2, -0.15) is 0 Å². The van der Waals surface area contributed by atoms with Gasteiger partial charge in [0.2, 0.25) is 0 Å². The second kappa shape index (κ2) is 4.74. The first-order valence-corrected chi connectivity index (χ1v) is 6.70. The van der Waals surface area contributed by atoms with Crippen molar-refractivity contribution in [2.75, 3.05) is 0 Å². The predicted molar refractivity (Wildman–Crippen MR) is 73.6 cm³/mol. The van der Waals surface area contributed by atoms with Gasteiger partial charge in [0.15, 0.2) is 11.6 Å². The smallest absolute Gasteiger partial charge is 0.196 e. The number of aromatic nitrogens is 4. The van der Waals surface area contributed by atoms with E-state index in [4.69, 9.17) is 0 Å². The molecule has 1 saturated carbocycles. The summed E-state index contributed by atoms with van der Waals surface area (Å²) >= 11 is 0. The molecule has 0 unspecified atom stereocenters. The number of nitrogens with one attached hydrogen (secondary N) is 1. The number of rotatable bonds is 4. The van der Waals surface area contributed by atoms with E-state index in [0.717, 1.165) is 23.8 Å². The summed E-state index contributed by atoms with van der Waals surface area (Å²) in [5.41, 5.74) is 3.29. The Labute approximate surface area is 113 Å². The first-order valence-electron chi connectivity index (χ1n) is 6.70. The van der Waals surface area contributed by atoms with E-state index in [1.165, 1.54) is 18.4 Å². The van der Waals surface area contributed by atoms with Crippen LogP contribution in [-0.4, -0.2) is 25.6 Å². The van der Waals surface area contributed by atoms with Gasteiger partial charge >= 0.3 is 0 Å². The third-order valence-electron chi connectivity index (χ3n) is 3.59. The summed E-state index contributed by atoms with van der Waals surface area (Å²) in [6.07, 6.45) is 6.27. The van der Waals surface area contributed by atoms with Crippen LogP contribution in [-0.2, 0) is 13.6 Å². The summed E-state index contributed by atoms with van der Waals surface area (Å²) in [6.45, 7) is 4.96. The van der Waals surface area contributed by atoms with Gasteiger partial charge in [-0.1, -0.05) is 0 Å². The number of imidazole rings is 1. The van der Waals surface area contributed by atoms with Crippen LogP contribution < -0.4 is 5.32 Å². The van der Waals surface area contributed by atoms with Crippen LogP contribution in [0.25, 0.3) is 11.6 Å². The third-order valence-corrected chi connectivity index (χ3v) is 3.59. The molecule has 2 aromatic heterocycles. The highest BCUT2D eigenvalue weighted by Gasteiger charge is 2.21. The zero-order chi connectivity index (χ0) is 13.4. The normalized spacial score (nSPS) is 14.9. The molecule has 2 heterocycles. The molecule has 1 aliphatic carbocycles. The van der Waals surface area contributed by atoms with E-state index in [1.807, 2.05) is 31.7 Å². The van der Waals surface area contributed by atoms with Crippen LogP contribution in [0.15, 0.2) is 12.4 Å². The molecule has 5 heteroatoms. The fourth-order valence-corrected chi connectivity index (χ4v) is 2.21. The summed E-state index contributed by atoms with van der Waals surface area (Å²) in [4.78, 5) is 13.5. The molecule has 3 rings (SSSR count). The van der Waals surface area contributed by atoms with Crippen LogP contribution in [0.3, 0.4) is 0 Å². The standard InChI is InChI=1S/C14H19N5/c1-9-12(8-16-11-4-5-11)10(2)18-13(17-9)14-15-6-7-19(14)3/h6-7,11,16H,4-5,8H2,1-3H3. The molecule has 0 aliphatic heterocycles. The Bertz CT molecular complexity index is 575. The van der Waals surface area contributed by atoms with E-state index in [-0.39, 0.29) is 0 Å². The van der Waals surface area contributed by atoms with Gasteiger partial charge in [0.25, 0.3) is 0 Å².